The SMILES string of the molecule is c1cc(CNC2CC2)cc(-c2ccc(OC3CC3)cc2)c1. The maximum Gasteiger partial charge on any atom is 0.119 e. The molecule has 2 saturated carbocycles. The third-order valence-electron chi connectivity index (χ3n) is 4.11. The highest BCUT2D eigenvalue weighted by Crippen LogP contribution is 2.29. The quantitative estimate of drug-likeness (QED) is 0.857. The van der Waals surface area contributed by atoms with Crippen molar-refractivity contribution >= 4 is 0 Å². The standard InChI is InChI=1S/C19H21NO/c1-2-14(13-20-17-6-7-17)12-16(3-1)15-4-8-18(9-5-15)21-19-10-11-19/h1-5,8-9,12,17,19-20H,6-7,10-11,13H2. The van der Waals surface area contributed by atoms with Crippen LogP contribution in [0.25, 0.3) is 11.1 Å². The average molecular weight is 279 g/mol. The first kappa shape index (κ1) is 12.9. The summed E-state index contributed by atoms with van der Waals surface area (Å²) in [5, 5.41) is 3.57. The molecular formula is C19H21NO. The van der Waals surface area contributed by atoms with Gasteiger partial charge in [-0.2, -0.15) is 0 Å². The van der Waals surface area contributed by atoms with Gasteiger partial charge >= 0.3 is 0 Å². The van der Waals surface area contributed by atoms with Gasteiger partial charge in [-0.1, -0.05) is 30.3 Å². The van der Waals surface area contributed by atoms with Crippen molar-refractivity contribution in [3.05, 3.63) is 54.1 Å². The summed E-state index contributed by atoms with van der Waals surface area (Å²) in [4.78, 5) is 0. The van der Waals surface area contributed by atoms with E-state index in [0.717, 1.165) is 18.3 Å². The predicted molar refractivity (Wildman–Crippen MR) is 85.4 cm³/mol. The Morgan fingerprint density at radius 1 is 0.905 bits per heavy atom. The van der Waals surface area contributed by atoms with Crippen molar-refractivity contribution in [2.45, 2.75) is 44.4 Å². The molecule has 2 aromatic rings. The normalized spacial score (nSPS) is 17.7. The predicted octanol–water partition coefficient (Wildman–Crippen LogP) is 4.15. The van der Waals surface area contributed by atoms with E-state index in [4.69, 9.17) is 4.74 Å². The van der Waals surface area contributed by atoms with Crippen LogP contribution in [0.3, 0.4) is 0 Å². The zero-order valence-electron chi connectivity index (χ0n) is 12.2. The molecule has 0 saturated heterocycles. The molecule has 2 aliphatic carbocycles. The van der Waals surface area contributed by atoms with Gasteiger partial charge < -0.3 is 10.1 Å². The first-order valence-electron chi connectivity index (χ1n) is 7.96. The van der Waals surface area contributed by atoms with E-state index in [0.29, 0.717) is 6.10 Å². The molecule has 21 heavy (non-hydrogen) atoms. The summed E-state index contributed by atoms with van der Waals surface area (Å²) in [6.07, 6.45) is 5.55. The van der Waals surface area contributed by atoms with Crippen LogP contribution >= 0.6 is 0 Å². The van der Waals surface area contributed by atoms with Crippen molar-refractivity contribution in [1.82, 2.24) is 5.32 Å². The third-order valence-corrected chi connectivity index (χ3v) is 4.11. The lowest BCUT2D eigenvalue weighted by molar-refractivity contribution is 0.303. The Bertz CT molecular complexity index is 612. The highest BCUT2D eigenvalue weighted by Gasteiger charge is 2.23. The minimum absolute atomic E-state index is 0.465. The molecule has 0 heterocycles. The Kier molecular flexibility index (Phi) is 3.40. The molecule has 0 aliphatic heterocycles. The molecule has 0 amide bonds. The molecule has 2 heteroatoms. The fraction of sp³-hybridized carbons (Fsp3) is 0.368. The van der Waals surface area contributed by atoms with Crippen LogP contribution in [-0.2, 0) is 6.54 Å². The smallest absolute Gasteiger partial charge is 0.119 e. The highest BCUT2D eigenvalue weighted by atomic mass is 16.5. The van der Waals surface area contributed by atoms with Gasteiger partial charge in [0.1, 0.15) is 5.75 Å². The van der Waals surface area contributed by atoms with Gasteiger partial charge in [-0.05, 0) is 60.6 Å². The Labute approximate surface area is 126 Å². The largest absolute Gasteiger partial charge is 0.490 e. The fourth-order valence-corrected chi connectivity index (χ4v) is 2.51. The Morgan fingerprint density at radius 3 is 2.43 bits per heavy atom. The summed E-state index contributed by atoms with van der Waals surface area (Å²) in [7, 11) is 0. The minimum Gasteiger partial charge on any atom is -0.490 e. The van der Waals surface area contributed by atoms with E-state index in [1.165, 1.54) is 42.4 Å². The van der Waals surface area contributed by atoms with Gasteiger partial charge in [0.05, 0.1) is 6.10 Å². The second-order valence-electron chi connectivity index (χ2n) is 6.20. The topological polar surface area (TPSA) is 21.3 Å². The molecule has 0 bridgehead atoms. The van der Waals surface area contributed by atoms with E-state index in [9.17, 15) is 0 Å². The molecule has 0 aromatic heterocycles. The maximum atomic E-state index is 5.80. The Morgan fingerprint density at radius 2 is 1.71 bits per heavy atom. The molecule has 1 N–H and O–H groups in total. The van der Waals surface area contributed by atoms with E-state index in [1.807, 2.05) is 0 Å². The van der Waals surface area contributed by atoms with Crippen LogP contribution in [0.4, 0.5) is 0 Å². The summed E-state index contributed by atoms with van der Waals surface area (Å²) in [5.41, 5.74) is 3.90. The van der Waals surface area contributed by atoms with Crippen LogP contribution in [0.15, 0.2) is 48.5 Å². The number of hydrogen-bond donors (Lipinski definition) is 1. The van der Waals surface area contributed by atoms with Crippen LogP contribution in [0, 0.1) is 0 Å². The lowest BCUT2D eigenvalue weighted by Gasteiger charge is -2.08. The molecule has 4 rings (SSSR count). The summed E-state index contributed by atoms with van der Waals surface area (Å²) in [5.74, 6) is 0.993. The van der Waals surface area contributed by atoms with Gasteiger partial charge in [-0.25, -0.2) is 0 Å². The second-order valence-corrected chi connectivity index (χ2v) is 6.20. The summed E-state index contributed by atoms with van der Waals surface area (Å²) in [6.45, 7) is 0.974. The molecule has 0 spiro atoms. The molecule has 2 aromatic carbocycles. The third kappa shape index (κ3) is 3.45. The van der Waals surface area contributed by atoms with E-state index in [1.54, 1.807) is 0 Å². The molecule has 108 valence electrons. The average Bonchev–Trinajstić information content (AvgIpc) is 3.41. The maximum absolute atomic E-state index is 5.80. The van der Waals surface area contributed by atoms with Crippen molar-refractivity contribution in [1.29, 1.82) is 0 Å². The molecule has 0 unspecified atom stereocenters. The fourth-order valence-electron chi connectivity index (χ4n) is 2.51. The lowest BCUT2D eigenvalue weighted by Crippen LogP contribution is -2.15. The van der Waals surface area contributed by atoms with Crippen molar-refractivity contribution < 1.29 is 4.74 Å². The van der Waals surface area contributed by atoms with E-state index < -0.39 is 0 Å². The molecule has 2 aliphatic rings. The zero-order valence-corrected chi connectivity index (χ0v) is 12.2. The van der Waals surface area contributed by atoms with Crippen LogP contribution in [0.1, 0.15) is 31.2 Å². The molecular weight excluding hydrogens is 258 g/mol. The molecule has 2 fully saturated rings. The van der Waals surface area contributed by atoms with E-state index in [-0.39, 0.29) is 0 Å². The minimum atomic E-state index is 0.465. The first-order valence-corrected chi connectivity index (χ1v) is 7.96. The van der Waals surface area contributed by atoms with E-state index >= 15 is 0 Å². The molecule has 0 radical (unpaired) electrons. The van der Waals surface area contributed by atoms with Crippen LogP contribution in [0.2, 0.25) is 0 Å². The van der Waals surface area contributed by atoms with Gasteiger partial charge in [0.25, 0.3) is 0 Å². The lowest BCUT2D eigenvalue weighted by atomic mass is 10.0. The van der Waals surface area contributed by atoms with Gasteiger partial charge in [0, 0.05) is 12.6 Å². The van der Waals surface area contributed by atoms with Crippen LogP contribution < -0.4 is 10.1 Å². The van der Waals surface area contributed by atoms with Crippen molar-refractivity contribution in [3.8, 4) is 16.9 Å². The van der Waals surface area contributed by atoms with Gasteiger partial charge in [-0.3, -0.25) is 0 Å². The number of ether oxygens (including phenoxy) is 1. The van der Waals surface area contributed by atoms with Crippen LogP contribution in [-0.4, -0.2) is 12.1 Å². The van der Waals surface area contributed by atoms with Gasteiger partial charge in [0.15, 0.2) is 0 Å². The monoisotopic (exact) mass is 279 g/mol. The molecule has 2 nitrogen and oxygen atoms in total. The Balaban J connectivity index is 1.47. The van der Waals surface area contributed by atoms with Crippen molar-refractivity contribution in [2.24, 2.45) is 0 Å². The number of nitrogens with one attached hydrogen (secondary N) is 1. The van der Waals surface area contributed by atoms with Crippen molar-refractivity contribution in [2.75, 3.05) is 0 Å². The van der Waals surface area contributed by atoms with Gasteiger partial charge in [0.2, 0.25) is 0 Å². The number of hydrogen-bond acceptors (Lipinski definition) is 2. The Hall–Kier alpha value is -1.80. The highest BCUT2D eigenvalue weighted by molar-refractivity contribution is 5.64. The number of rotatable bonds is 6. The van der Waals surface area contributed by atoms with E-state index in [2.05, 4.69) is 53.8 Å². The van der Waals surface area contributed by atoms with Crippen LogP contribution in [0.5, 0.6) is 5.75 Å². The second kappa shape index (κ2) is 5.53. The first-order chi connectivity index (χ1) is 10.4. The molecule has 0 atom stereocenters. The zero-order chi connectivity index (χ0) is 14.1. The number of benzene rings is 2. The van der Waals surface area contributed by atoms with Crippen molar-refractivity contribution in [3.63, 3.8) is 0 Å². The summed E-state index contributed by atoms with van der Waals surface area (Å²) >= 11 is 0. The summed E-state index contributed by atoms with van der Waals surface area (Å²) in [6, 6.07) is 18.1. The van der Waals surface area contributed by atoms with Gasteiger partial charge in [-0.15, -0.1) is 0 Å². The summed E-state index contributed by atoms with van der Waals surface area (Å²) < 4.78 is 5.80.